The fraction of sp³-hybridized carbons (Fsp3) is 0.0588. The number of carbonyl (C=O) groups excluding carboxylic acids is 1. The quantitative estimate of drug-likeness (QED) is 0.762. The van der Waals surface area contributed by atoms with Crippen molar-refractivity contribution in [2.24, 2.45) is 0 Å². The van der Waals surface area contributed by atoms with E-state index in [1.54, 1.807) is 31.2 Å². The zero-order valence-corrected chi connectivity index (χ0v) is 11.8. The minimum atomic E-state index is -0.467. The number of rotatable bonds is 2. The molecule has 2 N–H and O–H groups in total. The third-order valence-electron chi connectivity index (χ3n) is 3.38. The van der Waals surface area contributed by atoms with E-state index in [0.717, 1.165) is 5.39 Å². The number of anilines is 1. The van der Waals surface area contributed by atoms with E-state index in [1.165, 1.54) is 24.3 Å². The van der Waals surface area contributed by atoms with E-state index in [2.05, 4.69) is 10.3 Å². The van der Waals surface area contributed by atoms with Gasteiger partial charge >= 0.3 is 0 Å². The van der Waals surface area contributed by atoms with Crippen LogP contribution in [0.1, 0.15) is 15.9 Å². The molecule has 110 valence electrons. The third kappa shape index (κ3) is 2.74. The number of hydrogen-bond donors (Lipinski definition) is 2. The second-order valence-electron chi connectivity index (χ2n) is 5.05. The summed E-state index contributed by atoms with van der Waals surface area (Å²) < 4.78 is 13.1. The number of hydrogen-bond acceptors (Lipinski definition) is 2. The second-order valence-corrected chi connectivity index (χ2v) is 5.05. The van der Waals surface area contributed by atoms with Crippen LogP contribution in [0.15, 0.2) is 53.3 Å². The molecule has 4 nitrogen and oxygen atoms in total. The SMILES string of the molecule is Cc1cc2ccc(NC(=O)c3cccc(F)c3)cc2[nH]c1=O. The Bertz CT molecular complexity index is 931. The van der Waals surface area contributed by atoms with Crippen molar-refractivity contribution in [2.75, 3.05) is 5.32 Å². The molecule has 1 heterocycles. The first-order chi connectivity index (χ1) is 10.5. The van der Waals surface area contributed by atoms with E-state index < -0.39 is 11.7 Å². The number of halogens is 1. The Morgan fingerprint density at radius 2 is 1.95 bits per heavy atom. The van der Waals surface area contributed by atoms with Gasteiger partial charge in [-0.05, 0) is 48.7 Å². The van der Waals surface area contributed by atoms with Crippen LogP contribution in [-0.2, 0) is 0 Å². The van der Waals surface area contributed by atoms with Crippen LogP contribution in [0.5, 0.6) is 0 Å². The second kappa shape index (κ2) is 5.44. The Hall–Kier alpha value is -2.95. The van der Waals surface area contributed by atoms with Gasteiger partial charge in [-0.3, -0.25) is 9.59 Å². The summed E-state index contributed by atoms with van der Waals surface area (Å²) in [7, 11) is 0. The smallest absolute Gasteiger partial charge is 0.255 e. The van der Waals surface area contributed by atoms with Gasteiger partial charge in [0.2, 0.25) is 0 Å². The molecule has 1 amide bonds. The normalized spacial score (nSPS) is 10.6. The highest BCUT2D eigenvalue weighted by Gasteiger charge is 2.08. The van der Waals surface area contributed by atoms with Crippen LogP contribution in [0.4, 0.5) is 10.1 Å². The molecule has 0 spiro atoms. The highest BCUT2D eigenvalue weighted by atomic mass is 19.1. The summed E-state index contributed by atoms with van der Waals surface area (Å²) in [6.45, 7) is 1.73. The average molecular weight is 296 g/mol. The zero-order chi connectivity index (χ0) is 15.7. The van der Waals surface area contributed by atoms with Crippen molar-refractivity contribution in [3.63, 3.8) is 0 Å². The molecule has 1 aromatic heterocycles. The summed E-state index contributed by atoms with van der Waals surface area (Å²) in [5.74, 6) is -0.876. The Morgan fingerprint density at radius 1 is 1.14 bits per heavy atom. The molecular formula is C17H13FN2O2. The Labute approximate surface area is 125 Å². The number of fused-ring (bicyclic) bond motifs is 1. The molecule has 0 aliphatic rings. The molecule has 0 saturated carbocycles. The third-order valence-corrected chi connectivity index (χ3v) is 3.38. The van der Waals surface area contributed by atoms with Gasteiger partial charge in [0.15, 0.2) is 0 Å². The first-order valence-corrected chi connectivity index (χ1v) is 6.73. The predicted molar refractivity (Wildman–Crippen MR) is 83.7 cm³/mol. The largest absolute Gasteiger partial charge is 0.322 e. The van der Waals surface area contributed by atoms with Gasteiger partial charge in [-0.1, -0.05) is 12.1 Å². The fourth-order valence-electron chi connectivity index (χ4n) is 2.22. The molecule has 0 bridgehead atoms. The van der Waals surface area contributed by atoms with E-state index in [9.17, 15) is 14.0 Å². The van der Waals surface area contributed by atoms with E-state index in [4.69, 9.17) is 0 Å². The molecule has 0 aliphatic heterocycles. The van der Waals surface area contributed by atoms with Gasteiger partial charge in [-0.2, -0.15) is 0 Å². The fourth-order valence-corrected chi connectivity index (χ4v) is 2.22. The van der Waals surface area contributed by atoms with Crippen molar-refractivity contribution in [3.05, 3.63) is 75.8 Å². The number of aromatic amines is 1. The average Bonchev–Trinajstić information content (AvgIpc) is 2.49. The minimum Gasteiger partial charge on any atom is -0.322 e. The molecule has 2 aromatic carbocycles. The molecule has 0 saturated heterocycles. The summed E-state index contributed by atoms with van der Waals surface area (Å²) >= 11 is 0. The summed E-state index contributed by atoms with van der Waals surface area (Å²) in [4.78, 5) is 26.5. The van der Waals surface area contributed by atoms with E-state index in [0.29, 0.717) is 16.8 Å². The number of amides is 1. The van der Waals surface area contributed by atoms with Gasteiger partial charge in [0.25, 0.3) is 11.5 Å². The van der Waals surface area contributed by atoms with Crippen LogP contribution in [0.25, 0.3) is 10.9 Å². The molecule has 0 unspecified atom stereocenters. The topological polar surface area (TPSA) is 62.0 Å². The first kappa shape index (κ1) is 14.0. The minimum absolute atomic E-state index is 0.166. The maximum absolute atomic E-state index is 13.1. The lowest BCUT2D eigenvalue weighted by molar-refractivity contribution is 0.102. The van der Waals surface area contributed by atoms with Gasteiger partial charge in [0.1, 0.15) is 5.82 Å². The van der Waals surface area contributed by atoms with Crippen LogP contribution in [0, 0.1) is 12.7 Å². The van der Waals surface area contributed by atoms with Gasteiger partial charge in [0.05, 0.1) is 5.52 Å². The van der Waals surface area contributed by atoms with Crippen LogP contribution in [-0.4, -0.2) is 10.9 Å². The number of nitrogens with one attached hydrogen (secondary N) is 2. The summed E-state index contributed by atoms with van der Waals surface area (Å²) in [6.07, 6.45) is 0. The Kier molecular flexibility index (Phi) is 3.47. The molecule has 22 heavy (non-hydrogen) atoms. The predicted octanol–water partition coefficient (Wildman–Crippen LogP) is 3.23. The van der Waals surface area contributed by atoms with Crippen molar-refractivity contribution in [2.45, 2.75) is 6.92 Å². The highest BCUT2D eigenvalue weighted by molar-refractivity contribution is 6.05. The zero-order valence-electron chi connectivity index (χ0n) is 11.8. The van der Waals surface area contributed by atoms with E-state index in [-0.39, 0.29) is 11.1 Å². The first-order valence-electron chi connectivity index (χ1n) is 6.73. The van der Waals surface area contributed by atoms with Crippen LogP contribution in [0.3, 0.4) is 0 Å². The van der Waals surface area contributed by atoms with E-state index in [1.807, 2.05) is 0 Å². The molecule has 0 atom stereocenters. The number of aromatic nitrogens is 1. The molecule has 3 rings (SSSR count). The Morgan fingerprint density at radius 3 is 2.73 bits per heavy atom. The van der Waals surface area contributed by atoms with Crippen LogP contribution >= 0.6 is 0 Å². The van der Waals surface area contributed by atoms with Crippen LogP contribution in [0.2, 0.25) is 0 Å². The lowest BCUT2D eigenvalue weighted by atomic mass is 10.1. The molecule has 0 fully saturated rings. The van der Waals surface area contributed by atoms with Crippen molar-refractivity contribution < 1.29 is 9.18 Å². The van der Waals surface area contributed by atoms with Gasteiger partial charge in [0, 0.05) is 16.8 Å². The molecule has 5 heteroatoms. The van der Waals surface area contributed by atoms with E-state index >= 15 is 0 Å². The van der Waals surface area contributed by atoms with Crippen LogP contribution < -0.4 is 10.9 Å². The number of benzene rings is 2. The highest BCUT2D eigenvalue weighted by Crippen LogP contribution is 2.18. The molecule has 0 radical (unpaired) electrons. The number of carbonyl (C=O) groups is 1. The number of H-pyrrole nitrogens is 1. The monoisotopic (exact) mass is 296 g/mol. The van der Waals surface area contributed by atoms with Crippen molar-refractivity contribution in [1.29, 1.82) is 0 Å². The summed E-state index contributed by atoms with van der Waals surface area (Å²) in [5, 5.41) is 3.56. The molecular weight excluding hydrogens is 283 g/mol. The molecule has 0 aliphatic carbocycles. The van der Waals surface area contributed by atoms with Crippen molar-refractivity contribution in [1.82, 2.24) is 4.98 Å². The van der Waals surface area contributed by atoms with Gasteiger partial charge in [-0.15, -0.1) is 0 Å². The lowest BCUT2D eigenvalue weighted by Crippen LogP contribution is -2.12. The standard InChI is InChI=1S/C17H13FN2O2/c1-10-7-11-5-6-14(9-15(11)20-16(10)21)19-17(22)12-3-2-4-13(18)8-12/h2-9H,1H3,(H,19,22)(H,20,21). The number of pyridine rings is 1. The van der Waals surface area contributed by atoms with Crippen molar-refractivity contribution >= 4 is 22.5 Å². The maximum atomic E-state index is 13.1. The maximum Gasteiger partial charge on any atom is 0.255 e. The van der Waals surface area contributed by atoms with Gasteiger partial charge in [-0.25, -0.2) is 4.39 Å². The van der Waals surface area contributed by atoms with Gasteiger partial charge < -0.3 is 10.3 Å². The summed E-state index contributed by atoms with van der Waals surface area (Å²) in [5.41, 5.74) is 1.86. The molecule has 3 aromatic rings. The van der Waals surface area contributed by atoms with Crippen molar-refractivity contribution in [3.8, 4) is 0 Å². The lowest BCUT2D eigenvalue weighted by Gasteiger charge is -2.07. The summed E-state index contributed by atoms with van der Waals surface area (Å²) in [6, 6.07) is 12.5. The number of aryl methyl sites for hydroxylation is 1. The Balaban J connectivity index is 1.92.